The van der Waals surface area contributed by atoms with E-state index in [1.54, 1.807) is 12.3 Å². The van der Waals surface area contributed by atoms with Crippen molar-refractivity contribution in [3.05, 3.63) is 53.1 Å². The number of aromatic nitrogens is 1. The number of halogens is 1. The van der Waals surface area contributed by atoms with E-state index in [-0.39, 0.29) is 0 Å². The van der Waals surface area contributed by atoms with Gasteiger partial charge in [-0.25, -0.2) is 4.39 Å². The van der Waals surface area contributed by atoms with Crippen LogP contribution in [0.25, 0.3) is 11.3 Å². The Balaban J connectivity index is 2.26. The van der Waals surface area contributed by atoms with Gasteiger partial charge < -0.3 is 5.11 Å². The first-order chi connectivity index (χ1) is 7.81. The van der Waals surface area contributed by atoms with Gasteiger partial charge >= 0.3 is 0 Å². The lowest BCUT2D eigenvalue weighted by molar-refractivity contribution is 0.401. The zero-order valence-corrected chi connectivity index (χ0v) is 9.19. The van der Waals surface area contributed by atoms with Crippen LogP contribution in [0.3, 0.4) is 0 Å². The summed E-state index contributed by atoms with van der Waals surface area (Å²) < 4.78 is 13.4. The van der Waals surface area contributed by atoms with Crippen LogP contribution in [-0.2, 0) is 0 Å². The monoisotopic (exact) mass is 235 g/mol. The number of allylic oxidation sites excluding steroid dienone is 1. The summed E-state index contributed by atoms with van der Waals surface area (Å²) in [6, 6.07) is 7.35. The van der Waals surface area contributed by atoms with E-state index < -0.39 is 6.17 Å². The molecule has 4 heteroatoms. The van der Waals surface area contributed by atoms with Gasteiger partial charge in [-0.05, 0) is 24.3 Å². The normalized spacial score (nSPS) is 13.1. The van der Waals surface area contributed by atoms with Crippen molar-refractivity contribution in [3.63, 3.8) is 0 Å². The van der Waals surface area contributed by atoms with Crippen LogP contribution >= 0.6 is 11.3 Å². The number of alkyl halides is 1. The summed E-state index contributed by atoms with van der Waals surface area (Å²) in [7, 11) is 0. The second kappa shape index (κ2) is 4.90. The first-order valence-corrected chi connectivity index (χ1v) is 5.64. The fourth-order valence-corrected chi connectivity index (χ4v) is 2.19. The van der Waals surface area contributed by atoms with Gasteiger partial charge in [-0.2, -0.15) is 0 Å². The minimum Gasteiger partial charge on any atom is -0.516 e. The van der Waals surface area contributed by atoms with Crippen LogP contribution in [0.5, 0.6) is 0 Å². The van der Waals surface area contributed by atoms with Crippen molar-refractivity contribution in [2.24, 2.45) is 0 Å². The highest BCUT2D eigenvalue weighted by Gasteiger charge is 2.10. The summed E-state index contributed by atoms with van der Waals surface area (Å²) in [5.41, 5.74) is 1.72. The Kier molecular flexibility index (Phi) is 3.31. The van der Waals surface area contributed by atoms with Gasteiger partial charge in [0.25, 0.3) is 0 Å². The Labute approximate surface area is 96.7 Å². The van der Waals surface area contributed by atoms with Crippen LogP contribution in [0.15, 0.2) is 48.2 Å². The minimum absolute atomic E-state index is 0.561. The van der Waals surface area contributed by atoms with E-state index in [0.717, 1.165) is 23.6 Å². The summed E-state index contributed by atoms with van der Waals surface area (Å²) in [6.07, 6.45) is 2.28. The second-order valence-corrected chi connectivity index (χ2v) is 4.14. The number of aliphatic hydroxyl groups is 1. The van der Waals surface area contributed by atoms with Gasteiger partial charge in [0.15, 0.2) is 6.17 Å². The van der Waals surface area contributed by atoms with Crippen LogP contribution in [0.2, 0.25) is 0 Å². The lowest BCUT2D eigenvalue weighted by Crippen LogP contribution is -1.82. The van der Waals surface area contributed by atoms with E-state index in [1.807, 2.05) is 23.6 Å². The molecule has 1 unspecified atom stereocenters. The Hall–Kier alpha value is -1.68. The topological polar surface area (TPSA) is 33.1 Å². The van der Waals surface area contributed by atoms with Gasteiger partial charge in [-0.1, -0.05) is 6.07 Å². The molecule has 2 heterocycles. The van der Waals surface area contributed by atoms with Crippen molar-refractivity contribution in [2.75, 3.05) is 0 Å². The van der Waals surface area contributed by atoms with Gasteiger partial charge in [0, 0.05) is 22.0 Å². The molecule has 0 saturated carbocycles. The van der Waals surface area contributed by atoms with E-state index in [2.05, 4.69) is 4.98 Å². The maximum absolute atomic E-state index is 13.4. The van der Waals surface area contributed by atoms with Crippen molar-refractivity contribution in [1.82, 2.24) is 4.98 Å². The third-order valence-electron chi connectivity index (χ3n) is 2.11. The van der Waals surface area contributed by atoms with Crippen molar-refractivity contribution < 1.29 is 9.50 Å². The zero-order valence-electron chi connectivity index (χ0n) is 8.38. The molecule has 1 atom stereocenters. The van der Waals surface area contributed by atoms with Crippen LogP contribution in [0.1, 0.15) is 11.0 Å². The molecule has 2 rings (SSSR count). The fourth-order valence-electron chi connectivity index (χ4n) is 1.34. The predicted octanol–water partition coefficient (Wildman–Crippen LogP) is 3.89. The fraction of sp³-hybridized carbons (Fsp3) is 0.0833. The molecule has 0 spiro atoms. The molecule has 0 aromatic carbocycles. The zero-order chi connectivity index (χ0) is 11.4. The Morgan fingerprint density at radius 3 is 3.00 bits per heavy atom. The van der Waals surface area contributed by atoms with Gasteiger partial charge in [0.2, 0.25) is 0 Å². The first kappa shape index (κ1) is 10.8. The molecule has 0 amide bonds. The largest absolute Gasteiger partial charge is 0.516 e. The minimum atomic E-state index is -1.26. The van der Waals surface area contributed by atoms with Gasteiger partial charge in [0.05, 0.1) is 12.0 Å². The van der Waals surface area contributed by atoms with E-state index in [9.17, 15) is 4.39 Å². The molecule has 0 radical (unpaired) electrons. The van der Waals surface area contributed by atoms with Crippen LogP contribution in [-0.4, -0.2) is 10.1 Å². The van der Waals surface area contributed by atoms with Crippen molar-refractivity contribution in [3.8, 4) is 11.3 Å². The number of pyridine rings is 1. The maximum Gasteiger partial charge on any atom is 0.156 e. The molecule has 0 aliphatic heterocycles. The molecular weight excluding hydrogens is 225 g/mol. The molecule has 0 bridgehead atoms. The number of aliphatic hydroxyl groups excluding tert-OH is 1. The summed E-state index contributed by atoms with van der Waals surface area (Å²) in [5, 5.41) is 10.4. The Morgan fingerprint density at radius 1 is 1.44 bits per heavy atom. The number of hydrogen-bond acceptors (Lipinski definition) is 3. The second-order valence-electron chi connectivity index (χ2n) is 3.20. The van der Waals surface area contributed by atoms with Crippen molar-refractivity contribution in [2.45, 2.75) is 6.17 Å². The highest BCUT2D eigenvalue weighted by molar-refractivity contribution is 7.10. The summed E-state index contributed by atoms with van der Waals surface area (Å²) in [6.45, 7) is 0. The van der Waals surface area contributed by atoms with E-state index in [4.69, 9.17) is 5.11 Å². The maximum atomic E-state index is 13.4. The molecule has 2 aromatic rings. The number of nitrogens with zero attached hydrogens (tertiary/aromatic N) is 1. The number of rotatable bonds is 3. The third kappa shape index (κ3) is 2.28. The smallest absolute Gasteiger partial charge is 0.156 e. The molecule has 82 valence electrons. The summed E-state index contributed by atoms with van der Waals surface area (Å²) in [4.78, 5) is 4.75. The van der Waals surface area contributed by atoms with E-state index in [1.165, 1.54) is 11.3 Å². The van der Waals surface area contributed by atoms with Crippen molar-refractivity contribution >= 4 is 11.3 Å². The molecule has 0 aliphatic rings. The van der Waals surface area contributed by atoms with E-state index in [0.29, 0.717) is 4.88 Å². The SMILES string of the molecule is O/C=C\C(F)c1cc(-c2ccccn2)cs1. The van der Waals surface area contributed by atoms with Gasteiger partial charge in [-0.15, -0.1) is 11.3 Å². The standard InChI is InChI=1S/C12H10FNOS/c13-10(4-6-15)12-7-9(8-16-12)11-3-1-2-5-14-11/h1-8,10,15H/b6-4-. The molecule has 2 aromatic heterocycles. The molecule has 0 aliphatic carbocycles. The Bertz CT molecular complexity index is 481. The van der Waals surface area contributed by atoms with Gasteiger partial charge in [0.1, 0.15) is 0 Å². The van der Waals surface area contributed by atoms with Crippen LogP contribution in [0.4, 0.5) is 4.39 Å². The average Bonchev–Trinajstić information content (AvgIpc) is 2.80. The molecule has 16 heavy (non-hydrogen) atoms. The summed E-state index contributed by atoms with van der Waals surface area (Å²) in [5.74, 6) is 0. The van der Waals surface area contributed by atoms with E-state index >= 15 is 0 Å². The number of thiophene rings is 1. The van der Waals surface area contributed by atoms with Crippen LogP contribution in [0, 0.1) is 0 Å². The highest BCUT2D eigenvalue weighted by Crippen LogP contribution is 2.30. The predicted molar refractivity (Wildman–Crippen MR) is 63.2 cm³/mol. The quantitative estimate of drug-likeness (QED) is 0.818. The molecular formula is C12H10FNOS. The summed E-state index contributed by atoms with van der Waals surface area (Å²) >= 11 is 1.32. The highest BCUT2D eigenvalue weighted by atomic mass is 32.1. The molecule has 0 saturated heterocycles. The first-order valence-electron chi connectivity index (χ1n) is 4.76. The molecule has 1 N–H and O–H groups in total. The van der Waals surface area contributed by atoms with Crippen LogP contribution < -0.4 is 0 Å². The van der Waals surface area contributed by atoms with Gasteiger partial charge in [-0.3, -0.25) is 4.98 Å². The lowest BCUT2D eigenvalue weighted by Gasteiger charge is -1.96. The van der Waals surface area contributed by atoms with Crippen molar-refractivity contribution in [1.29, 1.82) is 0 Å². The number of hydrogen-bond donors (Lipinski definition) is 1. The molecule has 0 fully saturated rings. The molecule has 2 nitrogen and oxygen atoms in total. The Morgan fingerprint density at radius 2 is 2.31 bits per heavy atom. The average molecular weight is 235 g/mol. The third-order valence-corrected chi connectivity index (χ3v) is 3.09. The lowest BCUT2D eigenvalue weighted by atomic mass is 10.2.